The fourth-order valence-electron chi connectivity index (χ4n) is 0.819. The van der Waals surface area contributed by atoms with Crippen molar-refractivity contribution in [1.82, 2.24) is 0 Å². The highest BCUT2D eigenvalue weighted by Crippen LogP contribution is 2.27. The molecule has 0 fully saturated rings. The summed E-state index contributed by atoms with van der Waals surface area (Å²) in [6.07, 6.45) is 0. The zero-order valence-electron chi connectivity index (χ0n) is 6.71. The van der Waals surface area contributed by atoms with Crippen molar-refractivity contribution in [3.63, 3.8) is 0 Å². The lowest BCUT2D eigenvalue weighted by Crippen LogP contribution is -2.01. The standard InChI is InChI=1S/C8H6BrClO2S/c1-12-8(11)6-4-5(13-10)2-3-7(6)9/h2-4H,1H3. The average molecular weight is 282 g/mol. The second-order valence-electron chi connectivity index (χ2n) is 2.21. The Morgan fingerprint density at radius 2 is 2.31 bits per heavy atom. The lowest BCUT2D eigenvalue weighted by molar-refractivity contribution is 0.0599. The molecule has 0 spiro atoms. The smallest absolute Gasteiger partial charge is 0.339 e. The molecule has 0 bridgehead atoms. The molecular formula is C8H6BrClO2S. The zero-order valence-corrected chi connectivity index (χ0v) is 9.87. The maximum Gasteiger partial charge on any atom is 0.339 e. The Morgan fingerprint density at radius 1 is 1.62 bits per heavy atom. The Hall–Kier alpha value is -0.190. The van der Waals surface area contributed by atoms with E-state index in [4.69, 9.17) is 10.7 Å². The third-order valence-electron chi connectivity index (χ3n) is 1.43. The second kappa shape index (κ2) is 4.88. The first-order chi connectivity index (χ1) is 6.19. The van der Waals surface area contributed by atoms with Crippen molar-refractivity contribution in [3.8, 4) is 0 Å². The van der Waals surface area contributed by atoms with Gasteiger partial charge in [0.2, 0.25) is 0 Å². The molecule has 0 heterocycles. The molecule has 0 aliphatic rings. The molecule has 0 unspecified atom stereocenters. The monoisotopic (exact) mass is 280 g/mol. The maximum atomic E-state index is 11.2. The van der Waals surface area contributed by atoms with Gasteiger partial charge in [-0.3, -0.25) is 0 Å². The molecular weight excluding hydrogens is 276 g/mol. The summed E-state index contributed by atoms with van der Waals surface area (Å²) in [6.45, 7) is 0. The molecule has 0 aromatic heterocycles. The lowest BCUT2D eigenvalue weighted by atomic mass is 10.2. The normalized spacial score (nSPS) is 9.77. The van der Waals surface area contributed by atoms with Crippen LogP contribution >= 0.6 is 37.6 Å². The molecule has 0 amide bonds. The van der Waals surface area contributed by atoms with Crippen molar-refractivity contribution in [2.45, 2.75) is 4.90 Å². The SMILES string of the molecule is COC(=O)c1cc(SCl)ccc1Br. The van der Waals surface area contributed by atoms with Crippen molar-refractivity contribution in [2.75, 3.05) is 7.11 Å². The summed E-state index contributed by atoms with van der Waals surface area (Å²) in [5.41, 5.74) is 0.480. The predicted octanol–water partition coefficient (Wildman–Crippen LogP) is 3.48. The summed E-state index contributed by atoms with van der Waals surface area (Å²) in [7, 11) is 7.95. The summed E-state index contributed by atoms with van der Waals surface area (Å²) in [4.78, 5) is 12.0. The summed E-state index contributed by atoms with van der Waals surface area (Å²) in [6, 6.07) is 5.25. The number of benzene rings is 1. The van der Waals surface area contributed by atoms with E-state index in [0.29, 0.717) is 10.0 Å². The van der Waals surface area contributed by atoms with E-state index in [1.165, 1.54) is 7.11 Å². The van der Waals surface area contributed by atoms with Gasteiger partial charge in [0, 0.05) is 9.37 Å². The van der Waals surface area contributed by atoms with Crippen LogP contribution in [0, 0.1) is 0 Å². The quantitative estimate of drug-likeness (QED) is 0.776. The van der Waals surface area contributed by atoms with E-state index in [2.05, 4.69) is 20.7 Å². The van der Waals surface area contributed by atoms with Crippen LogP contribution in [0.1, 0.15) is 10.4 Å². The van der Waals surface area contributed by atoms with E-state index in [1.807, 2.05) is 6.07 Å². The second-order valence-corrected chi connectivity index (χ2v) is 4.15. The van der Waals surface area contributed by atoms with Gasteiger partial charge in [0.1, 0.15) is 0 Å². The van der Waals surface area contributed by atoms with Gasteiger partial charge in [-0.15, -0.1) is 0 Å². The lowest BCUT2D eigenvalue weighted by Gasteiger charge is -2.03. The van der Waals surface area contributed by atoms with Gasteiger partial charge in [0.25, 0.3) is 0 Å². The van der Waals surface area contributed by atoms with E-state index in [1.54, 1.807) is 12.1 Å². The van der Waals surface area contributed by atoms with Crippen molar-refractivity contribution < 1.29 is 9.53 Å². The molecule has 0 atom stereocenters. The maximum absolute atomic E-state index is 11.2. The molecule has 1 aromatic carbocycles. The highest BCUT2D eigenvalue weighted by atomic mass is 79.9. The molecule has 5 heteroatoms. The molecule has 0 aliphatic carbocycles. The van der Waals surface area contributed by atoms with Crippen molar-refractivity contribution in [1.29, 1.82) is 0 Å². The third-order valence-corrected chi connectivity index (χ3v) is 3.09. The van der Waals surface area contributed by atoms with Crippen LogP contribution in [0.4, 0.5) is 0 Å². The Bertz CT molecular complexity index is 330. The average Bonchev–Trinajstić information content (AvgIpc) is 2.17. The van der Waals surface area contributed by atoms with Crippen LogP contribution in [0.3, 0.4) is 0 Å². The molecule has 13 heavy (non-hydrogen) atoms. The molecule has 0 radical (unpaired) electrons. The number of hydrogen-bond acceptors (Lipinski definition) is 3. The Morgan fingerprint density at radius 3 is 2.85 bits per heavy atom. The molecule has 70 valence electrons. The first kappa shape index (κ1) is 10.9. The Kier molecular flexibility index (Phi) is 4.09. The number of rotatable bonds is 2. The van der Waals surface area contributed by atoms with Gasteiger partial charge in [-0.2, -0.15) is 0 Å². The summed E-state index contributed by atoms with van der Waals surface area (Å²) in [5.74, 6) is -0.376. The van der Waals surface area contributed by atoms with Gasteiger partial charge in [-0.25, -0.2) is 4.79 Å². The minimum Gasteiger partial charge on any atom is -0.465 e. The molecule has 1 rings (SSSR count). The number of halogens is 2. The minimum atomic E-state index is -0.376. The van der Waals surface area contributed by atoms with Crippen LogP contribution in [0.5, 0.6) is 0 Å². The fraction of sp³-hybridized carbons (Fsp3) is 0.125. The number of carbonyl (C=O) groups excluding carboxylic acids is 1. The van der Waals surface area contributed by atoms with Crippen LogP contribution in [0.25, 0.3) is 0 Å². The van der Waals surface area contributed by atoms with Crippen molar-refractivity contribution in [3.05, 3.63) is 28.2 Å². The largest absolute Gasteiger partial charge is 0.465 e. The first-order valence-electron chi connectivity index (χ1n) is 3.35. The van der Waals surface area contributed by atoms with Gasteiger partial charge in [0.05, 0.1) is 12.7 Å². The number of esters is 1. The van der Waals surface area contributed by atoms with Gasteiger partial charge < -0.3 is 4.74 Å². The topological polar surface area (TPSA) is 26.3 Å². The van der Waals surface area contributed by atoms with Crippen LogP contribution in [0.2, 0.25) is 0 Å². The Balaban J connectivity index is 3.11. The zero-order chi connectivity index (χ0) is 9.84. The summed E-state index contributed by atoms with van der Waals surface area (Å²) < 4.78 is 5.30. The van der Waals surface area contributed by atoms with E-state index >= 15 is 0 Å². The van der Waals surface area contributed by atoms with Crippen LogP contribution in [-0.4, -0.2) is 13.1 Å². The predicted molar refractivity (Wildman–Crippen MR) is 57.2 cm³/mol. The summed E-state index contributed by atoms with van der Waals surface area (Å²) >= 11 is 3.25. The first-order valence-corrected chi connectivity index (χ1v) is 5.79. The molecule has 0 saturated heterocycles. The molecule has 2 nitrogen and oxygen atoms in total. The number of methoxy groups -OCH3 is 1. The van der Waals surface area contributed by atoms with Crippen molar-refractivity contribution >= 4 is 43.6 Å². The number of carbonyl (C=O) groups is 1. The van der Waals surface area contributed by atoms with Crippen molar-refractivity contribution in [2.24, 2.45) is 0 Å². The van der Waals surface area contributed by atoms with Crippen LogP contribution in [-0.2, 0) is 4.74 Å². The number of hydrogen-bond donors (Lipinski definition) is 0. The molecule has 0 saturated carbocycles. The van der Waals surface area contributed by atoms with E-state index < -0.39 is 0 Å². The molecule has 0 N–H and O–H groups in total. The van der Waals surface area contributed by atoms with Gasteiger partial charge in [-0.05, 0) is 55.8 Å². The highest BCUT2D eigenvalue weighted by molar-refractivity contribution is 9.10. The molecule has 1 aromatic rings. The molecule has 0 aliphatic heterocycles. The van der Waals surface area contributed by atoms with Crippen LogP contribution < -0.4 is 0 Å². The van der Waals surface area contributed by atoms with Crippen LogP contribution in [0.15, 0.2) is 27.6 Å². The van der Waals surface area contributed by atoms with Gasteiger partial charge >= 0.3 is 5.97 Å². The number of ether oxygens (including phenoxy) is 1. The van der Waals surface area contributed by atoms with E-state index in [0.717, 1.165) is 15.9 Å². The van der Waals surface area contributed by atoms with E-state index in [9.17, 15) is 4.79 Å². The highest BCUT2D eigenvalue weighted by Gasteiger charge is 2.10. The third kappa shape index (κ3) is 2.62. The fourth-order valence-corrected chi connectivity index (χ4v) is 1.80. The van der Waals surface area contributed by atoms with Gasteiger partial charge in [-0.1, -0.05) is 0 Å². The van der Waals surface area contributed by atoms with E-state index in [-0.39, 0.29) is 5.97 Å². The van der Waals surface area contributed by atoms with Gasteiger partial charge in [0.15, 0.2) is 0 Å². The minimum absolute atomic E-state index is 0.376. The summed E-state index contributed by atoms with van der Waals surface area (Å²) in [5, 5.41) is 0. The Labute approximate surface area is 93.2 Å².